The Morgan fingerprint density at radius 1 is 1.08 bits per heavy atom. The number of nitrogens with one attached hydrogen (secondary N) is 1. The van der Waals surface area contributed by atoms with Crippen LogP contribution in [0.15, 0.2) is 42.5 Å². The molecule has 134 valence electrons. The van der Waals surface area contributed by atoms with Crippen molar-refractivity contribution >= 4 is 34.9 Å². The van der Waals surface area contributed by atoms with E-state index in [1.54, 1.807) is 49.6 Å². The summed E-state index contributed by atoms with van der Waals surface area (Å²) in [4.78, 5) is 12.2. The first-order valence-corrected chi connectivity index (χ1v) is 8.32. The Hall–Kier alpha value is -1.95. The fourth-order valence-electron chi connectivity index (χ4n) is 2.20. The summed E-state index contributed by atoms with van der Waals surface area (Å²) < 4.78 is 15.3. The number of ether oxygens (including phenoxy) is 3. The molecule has 0 aliphatic heterocycles. The minimum atomic E-state index is -0.755. The smallest absolute Gasteiger partial charge is 0.333 e. The molecule has 0 amide bonds. The van der Waals surface area contributed by atoms with E-state index in [0.717, 1.165) is 0 Å². The van der Waals surface area contributed by atoms with Gasteiger partial charge in [0.15, 0.2) is 6.04 Å². The number of hydrogen-bond acceptors (Lipinski definition) is 5. The van der Waals surface area contributed by atoms with Crippen molar-refractivity contribution in [3.05, 3.63) is 58.1 Å². The summed E-state index contributed by atoms with van der Waals surface area (Å²) in [6.45, 7) is 0.862. The third-order valence-corrected chi connectivity index (χ3v) is 4.08. The van der Waals surface area contributed by atoms with E-state index in [2.05, 4.69) is 5.32 Å². The Labute approximate surface area is 156 Å². The predicted octanol–water partition coefficient (Wildman–Crippen LogP) is 4.34. The van der Waals surface area contributed by atoms with Gasteiger partial charge in [-0.2, -0.15) is 0 Å². The van der Waals surface area contributed by atoms with Crippen LogP contribution in [0.2, 0.25) is 10.0 Å². The lowest BCUT2D eigenvalue weighted by Gasteiger charge is -2.19. The Morgan fingerprint density at radius 2 is 1.84 bits per heavy atom. The van der Waals surface area contributed by atoms with Crippen LogP contribution < -0.4 is 10.1 Å². The van der Waals surface area contributed by atoms with Crippen LogP contribution in [-0.2, 0) is 14.3 Å². The number of benzene rings is 2. The third kappa shape index (κ3) is 5.26. The molecule has 0 fully saturated rings. The second kappa shape index (κ2) is 9.51. The zero-order valence-corrected chi connectivity index (χ0v) is 15.4. The number of esters is 1. The van der Waals surface area contributed by atoms with Crippen molar-refractivity contribution in [3.63, 3.8) is 0 Å². The lowest BCUT2D eigenvalue weighted by molar-refractivity contribution is -0.141. The van der Waals surface area contributed by atoms with Crippen molar-refractivity contribution in [3.8, 4) is 5.75 Å². The number of carbonyl (C=O) groups is 1. The van der Waals surface area contributed by atoms with Gasteiger partial charge in [-0.15, -0.1) is 0 Å². The van der Waals surface area contributed by atoms with Crippen molar-refractivity contribution < 1.29 is 19.0 Å². The van der Waals surface area contributed by atoms with E-state index in [1.165, 1.54) is 7.11 Å². The molecule has 0 spiro atoms. The van der Waals surface area contributed by atoms with Crippen molar-refractivity contribution in [1.29, 1.82) is 0 Å². The van der Waals surface area contributed by atoms with Crippen LogP contribution in [0.3, 0.4) is 0 Å². The number of anilines is 1. The van der Waals surface area contributed by atoms with Gasteiger partial charge in [0.2, 0.25) is 0 Å². The predicted molar refractivity (Wildman–Crippen MR) is 98.7 cm³/mol. The Kier molecular flexibility index (Phi) is 7.37. The van der Waals surface area contributed by atoms with Gasteiger partial charge in [-0.25, -0.2) is 4.79 Å². The molecule has 1 unspecified atom stereocenters. The lowest BCUT2D eigenvalue weighted by atomic mass is 10.1. The summed E-state index contributed by atoms with van der Waals surface area (Å²) in [6.07, 6.45) is 0. The topological polar surface area (TPSA) is 56.8 Å². The SMILES string of the molecule is COCCOc1ccc(NC(C(=O)OC)c2ccccc2Cl)cc1Cl. The van der Waals surface area contributed by atoms with Crippen LogP contribution in [0.4, 0.5) is 5.69 Å². The van der Waals surface area contributed by atoms with Crippen molar-refractivity contribution in [2.45, 2.75) is 6.04 Å². The summed E-state index contributed by atoms with van der Waals surface area (Å²) in [7, 11) is 2.92. The molecule has 0 saturated heterocycles. The Balaban J connectivity index is 2.20. The monoisotopic (exact) mass is 383 g/mol. The summed E-state index contributed by atoms with van der Waals surface area (Å²) in [5.74, 6) is 0.0845. The molecule has 25 heavy (non-hydrogen) atoms. The van der Waals surface area contributed by atoms with Gasteiger partial charge in [0.05, 0.1) is 18.7 Å². The molecular weight excluding hydrogens is 365 g/mol. The van der Waals surface area contributed by atoms with Gasteiger partial charge in [-0.1, -0.05) is 41.4 Å². The lowest BCUT2D eigenvalue weighted by Crippen LogP contribution is -2.22. The van der Waals surface area contributed by atoms with Crippen LogP contribution in [0.25, 0.3) is 0 Å². The largest absolute Gasteiger partial charge is 0.490 e. The maximum atomic E-state index is 12.2. The highest BCUT2D eigenvalue weighted by Crippen LogP contribution is 2.31. The van der Waals surface area contributed by atoms with Gasteiger partial charge >= 0.3 is 5.97 Å². The first-order valence-electron chi connectivity index (χ1n) is 7.57. The number of methoxy groups -OCH3 is 2. The van der Waals surface area contributed by atoms with Crippen LogP contribution in [0.1, 0.15) is 11.6 Å². The fourth-order valence-corrected chi connectivity index (χ4v) is 2.68. The van der Waals surface area contributed by atoms with Gasteiger partial charge in [0.1, 0.15) is 12.4 Å². The molecule has 0 bridgehead atoms. The summed E-state index contributed by atoms with van der Waals surface area (Å²) in [5.41, 5.74) is 1.26. The van der Waals surface area contributed by atoms with Crippen molar-refractivity contribution in [2.24, 2.45) is 0 Å². The quantitative estimate of drug-likeness (QED) is 0.542. The van der Waals surface area contributed by atoms with Crippen LogP contribution in [0, 0.1) is 0 Å². The normalized spacial score (nSPS) is 11.7. The molecule has 7 heteroatoms. The minimum absolute atomic E-state index is 0.396. The first kappa shape index (κ1) is 19.4. The van der Waals surface area contributed by atoms with Gasteiger partial charge in [0, 0.05) is 23.4 Å². The molecule has 5 nitrogen and oxygen atoms in total. The molecule has 0 saturated carbocycles. The van der Waals surface area contributed by atoms with E-state index in [1.807, 2.05) is 0 Å². The molecule has 1 N–H and O–H groups in total. The summed E-state index contributed by atoms with van der Waals surface area (Å²) >= 11 is 12.4. The Morgan fingerprint density at radius 3 is 2.48 bits per heavy atom. The van der Waals surface area contributed by atoms with Gasteiger partial charge < -0.3 is 19.5 Å². The molecule has 0 aliphatic rings. The van der Waals surface area contributed by atoms with Crippen LogP contribution in [-0.4, -0.2) is 33.4 Å². The molecule has 2 rings (SSSR count). The van der Waals surface area contributed by atoms with Crippen molar-refractivity contribution in [2.75, 3.05) is 32.8 Å². The summed E-state index contributed by atoms with van der Waals surface area (Å²) in [6, 6.07) is 11.5. The second-order valence-corrected chi connectivity index (χ2v) is 5.92. The number of carbonyl (C=O) groups excluding carboxylic acids is 1. The van der Waals surface area contributed by atoms with E-state index in [4.69, 9.17) is 37.4 Å². The average molecular weight is 384 g/mol. The fraction of sp³-hybridized carbons (Fsp3) is 0.278. The highest BCUT2D eigenvalue weighted by atomic mass is 35.5. The molecule has 0 aliphatic carbocycles. The second-order valence-electron chi connectivity index (χ2n) is 5.11. The maximum Gasteiger partial charge on any atom is 0.333 e. The molecular formula is C18H19Cl2NO4. The summed E-state index contributed by atoms with van der Waals surface area (Å²) in [5, 5.41) is 3.99. The van der Waals surface area contributed by atoms with Gasteiger partial charge in [0.25, 0.3) is 0 Å². The molecule has 2 aromatic rings. The van der Waals surface area contributed by atoms with Gasteiger partial charge in [-0.3, -0.25) is 0 Å². The Bertz CT molecular complexity index is 724. The molecule has 2 aromatic carbocycles. The molecule has 1 atom stereocenters. The highest BCUT2D eigenvalue weighted by Gasteiger charge is 2.23. The van der Waals surface area contributed by atoms with E-state index in [9.17, 15) is 4.79 Å². The van der Waals surface area contributed by atoms with Crippen LogP contribution in [0.5, 0.6) is 5.75 Å². The maximum absolute atomic E-state index is 12.2. The third-order valence-electron chi connectivity index (χ3n) is 3.44. The van der Waals surface area contributed by atoms with Crippen molar-refractivity contribution in [1.82, 2.24) is 0 Å². The molecule has 0 heterocycles. The molecule has 0 aromatic heterocycles. The van der Waals surface area contributed by atoms with E-state index >= 15 is 0 Å². The zero-order chi connectivity index (χ0) is 18.2. The van der Waals surface area contributed by atoms with E-state index < -0.39 is 12.0 Å². The van der Waals surface area contributed by atoms with Gasteiger partial charge in [-0.05, 0) is 24.3 Å². The minimum Gasteiger partial charge on any atom is -0.490 e. The number of halogens is 2. The number of hydrogen-bond donors (Lipinski definition) is 1. The van der Waals surface area contributed by atoms with Crippen LogP contribution >= 0.6 is 23.2 Å². The van der Waals surface area contributed by atoms with E-state index in [-0.39, 0.29) is 0 Å². The molecule has 0 radical (unpaired) electrons. The highest BCUT2D eigenvalue weighted by molar-refractivity contribution is 6.32. The van der Waals surface area contributed by atoms with E-state index in [0.29, 0.717) is 40.3 Å². The average Bonchev–Trinajstić information content (AvgIpc) is 2.61. The standard InChI is InChI=1S/C18H19Cl2NO4/c1-23-9-10-25-16-8-7-12(11-15(16)20)21-17(18(22)24-2)13-5-3-4-6-14(13)19/h3-8,11,17,21H,9-10H2,1-2H3. The number of rotatable bonds is 8. The first-order chi connectivity index (χ1) is 12.1. The zero-order valence-electron chi connectivity index (χ0n) is 13.9.